The molecule has 0 bridgehead atoms. The minimum atomic E-state index is -3.33. The Labute approximate surface area is 153 Å². The van der Waals surface area contributed by atoms with Gasteiger partial charge in [0.1, 0.15) is 11.5 Å². The molecule has 1 aromatic heterocycles. The van der Waals surface area contributed by atoms with Gasteiger partial charge in [0.15, 0.2) is 0 Å². The predicted molar refractivity (Wildman–Crippen MR) is 97.8 cm³/mol. The highest BCUT2D eigenvalue weighted by atomic mass is 32.2. The van der Waals surface area contributed by atoms with Crippen molar-refractivity contribution in [2.24, 2.45) is 5.41 Å². The summed E-state index contributed by atoms with van der Waals surface area (Å²) in [5, 5.41) is 6.76. The number of sulfonamides is 1. The van der Waals surface area contributed by atoms with Crippen molar-refractivity contribution in [2.75, 3.05) is 25.9 Å². The maximum absolute atomic E-state index is 12.6. The van der Waals surface area contributed by atoms with Crippen LogP contribution in [-0.4, -0.2) is 49.7 Å². The molecule has 1 fully saturated rings. The van der Waals surface area contributed by atoms with Gasteiger partial charge >= 0.3 is 0 Å². The largest absolute Gasteiger partial charge is 0.361 e. The normalized spacial score (nSPS) is 21.0. The Kier molecular flexibility index (Phi) is 5.15. The van der Waals surface area contributed by atoms with Crippen molar-refractivity contribution < 1.29 is 17.7 Å². The maximum atomic E-state index is 12.6. The van der Waals surface area contributed by atoms with Crippen molar-refractivity contribution in [1.82, 2.24) is 14.8 Å². The van der Waals surface area contributed by atoms with E-state index in [0.717, 1.165) is 5.56 Å². The molecule has 8 heteroatoms. The Morgan fingerprint density at radius 1 is 1.35 bits per heavy atom. The van der Waals surface area contributed by atoms with Crippen LogP contribution in [0, 0.1) is 5.41 Å². The molecule has 3 rings (SSSR count). The Balaban J connectivity index is 1.85. The van der Waals surface area contributed by atoms with Crippen LogP contribution in [0.25, 0.3) is 11.3 Å². The number of amides is 1. The average molecular weight is 377 g/mol. The van der Waals surface area contributed by atoms with Crippen LogP contribution in [0.5, 0.6) is 0 Å². The smallest absolute Gasteiger partial charge is 0.227 e. The van der Waals surface area contributed by atoms with E-state index < -0.39 is 15.4 Å². The van der Waals surface area contributed by atoms with Crippen molar-refractivity contribution in [1.29, 1.82) is 0 Å². The lowest BCUT2D eigenvalue weighted by Gasteiger charge is -2.26. The van der Waals surface area contributed by atoms with Gasteiger partial charge in [0.25, 0.3) is 0 Å². The zero-order valence-electron chi connectivity index (χ0n) is 14.9. The van der Waals surface area contributed by atoms with Crippen LogP contribution >= 0.6 is 0 Å². The molecule has 0 saturated carbocycles. The molecular formula is C18H23N3O4S. The third-order valence-electron chi connectivity index (χ3n) is 4.93. The summed E-state index contributed by atoms with van der Waals surface area (Å²) in [6.45, 7) is 2.10. The van der Waals surface area contributed by atoms with E-state index in [1.165, 1.54) is 4.31 Å². The van der Waals surface area contributed by atoms with Gasteiger partial charge in [-0.2, -0.15) is 0 Å². The minimum Gasteiger partial charge on any atom is -0.361 e. The van der Waals surface area contributed by atoms with Crippen LogP contribution in [0.3, 0.4) is 0 Å². The van der Waals surface area contributed by atoms with Gasteiger partial charge in [-0.25, -0.2) is 12.7 Å². The first-order valence-corrected chi connectivity index (χ1v) is 10.2. The van der Waals surface area contributed by atoms with Gasteiger partial charge < -0.3 is 9.84 Å². The van der Waals surface area contributed by atoms with Crippen molar-refractivity contribution in [3.63, 3.8) is 0 Å². The molecule has 1 aliphatic rings. The van der Waals surface area contributed by atoms with Crippen molar-refractivity contribution in [3.8, 4) is 11.3 Å². The first-order valence-electron chi connectivity index (χ1n) is 8.61. The first kappa shape index (κ1) is 18.6. The summed E-state index contributed by atoms with van der Waals surface area (Å²) in [6.07, 6.45) is 0.759. The summed E-state index contributed by atoms with van der Waals surface area (Å²) in [7, 11) is -1.77. The molecule has 1 atom stereocenters. The molecule has 0 spiro atoms. The third kappa shape index (κ3) is 3.52. The highest BCUT2D eigenvalue weighted by Crippen LogP contribution is 2.36. The molecule has 7 nitrogen and oxygen atoms in total. The predicted octanol–water partition coefficient (Wildman–Crippen LogP) is 1.67. The molecule has 1 aromatic carbocycles. The Hall–Kier alpha value is -2.19. The van der Waals surface area contributed by atoms with E-state index in [2.05, 4.69) is 10.5 Å². The molecule has 0 unspecified atom stereocenters. The van der Waals surface area contributed by atoms with Gasteiger partial charge in [-0.3, -0.25) is 4.79 Å². The molecule has 1 N–H and O–H groups in total. The fourth-order valence-corrected chi connectivity index (χ4v) is 4.58. The van der Waals surface area contributed by atoms with Gasteiger partial charge in [0, 0.05) is 38.2 Å². The lowest BCUT2D eigenvalue weighted by molar-refractivity contribution is -0.129. The maximum Gasteiger partial charge on any atom is 0.227 e. The van der Waals surface area contributed by atoms with Crippen LogP contribution < -0.4 is 5.32 Å². The molecule has 0 radical (unpaired) electrons. The first-order chi connectivity index (χ1) is 12.4. The van der Waals surface area contributed by atoms with Gasteiger partial charge in [0.2, 0.25) is 15.9 Å². The number of rotatable bonds is 6. The van der Waals surface area contributed by atoms with Crippen molar-refractivity contribution in [3.05, 3.63) is 42.2 Å². The molecule has 140 valence electrons. The molecule has 1 amide bonds. The number of nitrogens with one attached hydrogen (secondary N) is 1. The zero-order chi connectivity index (χ0) is 18.8. The van der Waals surface area contributed by atoms with Crippen molar-refractivity contribution >= 4 is 15.9 Å². The summed E-state index contributed by atoms with van der Waals surface area (Å²) in [5.74, 6) is 0.421. The molecule has 0 aliphatic carbocycles. The van der Waals surface area contributed by atoms with E-state index in [4.69, 9.17) is 4.52 Å². The number of carbonyl (C=O) groups excluding carboxylic acids is 1. The lowest BCUT2D eigenvalue weighted by atomic mass is 9.81. The van der Waals surface area contributed by atoms with E-state index >= 15 is 0 Å². The Bertz CT molecular complexity index is 879. The number of carbonyl (C=O) groups is 1. The van der Waals surface area contributed by atoms with E-state index in [9.17, 15) is 13.2 Å². The van der Waals surface area contributed by atoms with Crippen molar-refractivity contribution in [2.45, 2.75) is 19.8 Å². The number of benzene rings is 1. The summed E-state index contributed by atoms with van der Waals surface area (Å²) in [4.78, 5) is 12.6. The second-order valence-corrected chi connectivity index (χ2v) is 8.82. The minimum absolute atomic E-state index is 0.0251. The second kappa shape index (κ2) is 7.20. The number of hydrogen-bond donors (Lipinski definition) is 1. The molecule has 2 heterocycles. The summed E-state index contributed by atoms with van der Waals surface area (Å²) < 4.78 is 31.2. The van der Waals surface area contributed by atoms with Crippen LogP contribution in [0.1, 0.15) is 19.1 Å². The molecule has 1 saturated heterocycles. The number of hydrogen-bond acceptors (Lipinski definition) is 5. The topological polar surface area (TPSA) is 92.5 Å². The average Bonchev–Trinajstić information content (AvgIpc) is 3.30. The van der Waals surface area contributed by atoms with Gasteiger partial charge in [-0.1, -0.05) is 35.5 Å². The quantitative estimate of drug-likeness (QED) is 0.827. The fraction of sp³-hybridized carbons (Fsp3) is 0.444. The van der Waals surface area contributed by atoms with E-state index in [-0.39, 0.29) is 18.2 Å². The summed E-state index contributed by atoms with van der Waals surface area (Å²) in [5.41, 5.74) is 0.784. The van der Waals surface area contributed by atoms with Crippen LogP contribution in [0.4, 0.5) is 0 Å². The fourth-order valence-electron chi connectivity index (χ4n) is 3.40. The number of nitrogens with zero attached hydrogens (tertiary/aromatic N) is 2. The Morgan fingerprint density at radius 3 is 2.73 bits per heavy atom. The molecule has 1 aliphatic heterocycles. The van der Waals surface area contributed by atoms with E-state index in [1.807, 2.05) is 36.4 Å². The van der Waals surface area contributed by atoms with Gasteiger partial charge in [-0.15, -0.1) is 0 Å². The van der Waals surface area contributed by atoms with Gasteiger partial charge in [-0.05, 0) is 13.3 Å². The zero-order valence-corrected chi connectivity index (χ0v) is 15.8. The summed E-state index contributed by atoms with van der Waals surface area (Å²) >= 11 is 0. The van der Waals surface area contributed by atoms with Gasteiger partial charge in [0.05, 0.1) is 11.2 Å². The van der Waals surface area contributed by atoms with E-state index in [0.29, 0.717) is 30.8 Å². The second-order valence-electron chi connectivity index (χ2n) is 6.56. The standard InChI is InChI=1S/C18H23N3O4S/c1-3-26(23,24)21-10-9-18(13-21,17(22)19-2)12-15-11-16(20-25-15)14-7-5-4-6-8-14/h4-8,11H,3,9-10,12-13H2,1-2H3,(H,19,22)/t18-/m0/s1. The molecular weight excluding hydrogens is 354 g/mol. The molecule has 26 heavy (non-hydrogen) atoms. The summed E-state index contributed by atoms with van der Waals surface area (Å²) in [6, 6.07) is 11.4. The van der Waals surface area contributed by atoms with Crippen LogP contribution in [-0.2, 0) is 21.2 Å². The Morgan fingerprint density at radius 2 is 2.08 bits per heavy atom. The highest BCUT2D eigenvalue weighted by molar-refractivity contribution is 7.89. The molecule has 2 aromatic rings. The lowest BCUT2D eigenvalue weighted by Crippen LogP contribution is -2.44. The van der Waals surface area contributed by atoms with Crippen LogP contribution in [0.15, 0.2) is 40.9 Å². The highest BCUT2D eigenvalue weighted by Gasteiger charge is 2.47. The SMILES string of the molecule is CCS(=O)(=O)N1CC[C@@](Cc2cc(-c3ccccc3)no2)(C(=O)NC)C1. The van der Waals surface area contributed by atoms with E-state index in [1.54, 1.807) is 14.0 Å². The number of aromatic nitrogens is 1. The van der Waals surface area contributed by atoms with Crippen LogP contribution in [0.2, 0.25) is 0 Å². The monoisotopic (exact) mass is 377 g/mol. The third-order valence-corrected chi connectivity index (χ3v) is 6.75.